The maximum Gasteiger partial charge on any atom is 0.411 e. The summed E-state index contributed by atoms with van der Waals surface area (Å²) >= 11 is 1.44. The second-order valence-corrected chi connectivity index (χ2v) is 9.53. The fraction of sp³-hybridized carbons (Fsp3) is 0.192. The van der Waals surface area contributed by atoms with Crippen molar-refractivity contribution in [2.24, 2.45) is 0 Å². The van der Waals surface area contributed by atoms with E-state index in [4.69, 9.17) is 19.2 Å². The van der Waals surface area contributed by atoms with Crippen LogP contribution in [0.25, 0.3) is 31.8 Å². The zero-order chi connectivity index (χ0) is 25.5. The zero-order valence-electron chi connectivity index (χ0n) is 19.8. The standard InChI is InChI=1S/C26H20FN5O4S/c1-13-6-16(22-19(7-13)31-21(34-2)11-29-22)25-32-20-9-18(27)23-17(24(20)37-25)8-15(36-23)12-35-26(33)30-14-4-3-5-28-10-14/h3-7,9-11,15H,8,12H2,1-2H3,(H,30,33)/t15-/m0/s1. The van der Waals surface area contributed by atoms with Gasteiger partial charge in [0.15, 0.2) is 11.6 Å². The molecule has 0 fully saturated rings. The number of carbonyl (C=O) groups excluding carboxylic acids is 1. The van der Waals surface area contributed by atoms with Gasteiger partial charge >= 0.3 is 6.09 Å². The van der Waals surface area contributed by atoms with Crippen molar-refractivity contribution in [1.82, 2.24) is 19.9 Å². The fourth-order valence-corrected chi connectivity index (χ4v) is 5.42. The van der Waals surface area contributed by atoms with Crippen molar-refractivity contribution in [3.05, 3.63) is 65.9 Å². The topological polar surface area (TPSA) is 108 Å². The van der Waals surface area contributed by atoms with Gasteiger partial charge in [-0.25, -0.2) is 24.1 Å². The Morgan fingerprint density at radius 1 is 1.24 bits per heavy atom. The van der Waals surface area contributed by atoms with E-state index in [0.29, 0.717) is 45.1 Å². The number of hydrogen-bond donors (Lipinski definition) is 1. The number of nitrogens with zero attached hydrogens (tertiary/aromatic N) is 4. The summed E-state index contributed by atoms with van der Waals surface area (Å²) in [5.41, 5.74) is 4.94. The molecular formula is C26H20FN5O4S. The number of benzene rings is 2. The van der Waals surface area contributed by atoms with Crippen molar-refractivity contribution < 1.29 is 23.4 Å². The normalized spacial score (nSPS) is 14.4. The summed E-state index contributed by atoms with van der Waals surface area (Å²) < 4.78 is 32.1. The average molecular weight is 518 g/mol. The molecule has 37 heavy (non-hydrogen) atoms. The number of hydrogen-bond acceptors (Lipinski definition) is 9. The Morgan fingerprint density at radius 2 is 2.14 bits per heavy atom. The Kier molecular flexibility index (Phi) is 5.76. The molecule has 0 saturated carbocycles. The Bertz CT molecular complexity index is 1660. The van der Waals surface area contributed by atoms with Crippen LogP contribution in [-0.4, -0.2) is 45.8 Å². The van der Waals surface area contributed by atoms with E-state index in [1.807, 2.05) is 19.1 Å². The molecular weight excluding hydrogens is 497 g/mol. The molecule has 11 heteroatoms. The first kappa shape index (κ1) is 23.0. The van der Waals surface area contributed by atoms with Gasteiger partial charge in [-0.1, -0.05) is 0 Å². The van der Waals surface area contributed by atoms with Crippen molar-refractivity contribution in [3.63, 3.8) is 0 Å². The number of aryl methyl sites for hydroxylation is 1. The molecule has 0 spiro atoms. The molecule has 1 N–H and O–H groups in total. The van der Waals surface area contributed by atoms with Gasteiger partial charge in [0.2, 0.25) is 5.88 Å². The lowest BCUT2D eigenvalue weighted by atomic mass is 10.1. The minimum Gasteiger partial charge on any atom is -0.483 e. The first-order valence-corrected chi connectivity index (χ1v) is 12.2. The first-order valence-electron chi connectivity index (χ1n) is 11.4. The van der Waals surface area contributed by atoms with Crippen molar-refractivity contribution in [3.8, 4) is 22.2 Å². The second-order valence-electron chi connectivity index (χ2n) is 8.54. The van der Waals surface area contributed by atoms with Crippen molar-refractivity contribution in [2.75, 3.05) is 19.0 Å². The number of ether oxygens (including phenoxy) is 3. The third kappa shape index (κ3) is 4.38. The van der Waals surface area contributed by atoms with Gasteiger partial charge < -0.3 is 14.2 Å². The third-order valence-electron chi connectivity index (χ3n) is 5.91. The van der Waals surface area contributed by atoms with Gasteiger partial charge in [-0.05, 0) is 36.8 Å². The number of amides is 1. The first-order chi connectivity index (χ1) is 18.0. The van der Waals surface area contributed by atoms with E-state index in [0.717, 1.165) is 15.8 Å². The second kappa shape index (κ2) is 9.25. The monoisotopic (exact) mass is 517 g/mol. The van der Waals surface area contributed by atoms with Gasteiger partial charge in [0.1, 0.15) is 17.7 Å². The smallest absolute Gasteiger partial charge is 0.411 e. The number of nitrogens with one attached hydrogen (secondary N) is 1. The van der Waals surface area contributed by atoms with E-state index >= 15 is 0 Å². The molecule has 9 nitrogen and oxygen atoms in total. The van der Waals surface area contributed by atoms with Crippen molar-refractivity contribution in [1.29, 1.82) is 0 Å². The number of pyridine rings is 1. The van der Waals surface area contributed by atoms with E-state index in [1.165, 1.54) is 23.6 Å². The number of thiazole rings is 1. The summed E-state index contributed by atoms with van der Waals surface area (Å²) in [5.74, 6) is 0.0932. The summed E-state index contributed by atoms with van der Waals surface area (Å²) in [6, 6.07) is 8.70. The van der Waals surface area contributed by atoms with Crippen LogP contribution in [0.1, 0.15) is 11.1 Å². The molecule has 0 unspecified atom stereocenters. The lowest BCUT2D eigenvalue weighted by Crippen LogP contribution is -2.25. The number of aromatic nitrogens is 4. The van der Waals surface area contributed by atoms with Crippen LogP contribution in [0.5, 0.6) is 11.6 Å². The Hall–Kier alpha value is -4.38. The van der Waals surface area contributed by atoms with Crippen molar-refractivity contribution >= 4 is 44.4 Å². The van der Waals surface area contributed by atoms with Crippen LogP contribution in [0.15, 0.2) is 48.9 Å². The van der Waals surface area contributed by atoms with Crippen molar-refractivity contribution in [2.45, 2.75) is 19.4 Å². The van der Waals surface area contributed by atoms with Gasteiger partial charge in [-0.3, -0.25) is 10.3 Å². The number of rotatable bonds is 5. The highest BCUT2D eigenvalue weighted by Crippen LogP contribution is 2.43. The molecule has 0 bridgehead atoms. The lowest BCUT2D eigenvalue weighted by molar-refractivity contribution is 0.100. The SMILES string of the molecule is COc1cnc2c(-c3nc4cc(F)c5c(c4s3)C[C@@H](COC(=O)Nc3cccnc3)O5)cc(C)cc2n1. The van der Waals surface area contributed by atoms with Crippen LogP contribution >= 0.6 is 11.3 Å². The molecule has 1 amide bonds. The van der Waals surface area contributed by atoms with E-state index in [1.54, 1.807) is 31.6 Å². The minimum absolute atomic E-state index is 0.0344. The molecule has 186 valence electrons. The van der Waals surface area contributed by atoms with Crippen LogP contribution in [0.2, 0.25) is 0 Å². The fourth-order valence-electron chi connectivity index (χ4n) is 4.30. The van der Waals surface area contributed by atoms with Crippen LogP contribution in [0, 0.1) is 12.7 Å². The summed E-state index contributed by atoms with van der Waals surface area (Å²) in [5, 5.41) is 3.30. The Morgan fingerprint density at radius 3 is 2.95 bits per heavy atom. The molecule has 2 aromatic carbocycles. The maximum atomic E-state index is 15.0. The van der Waals surface area contributed by atoms with Crippen LogP contribution in [0.3, 0.4) is 0 Å². The molecule has 0 radical (unpaired) electrons. The van der Waals surface area contributed by atoms with Crippen LogP contribution in [0.4, 0.5) is 14.9 Å². The molecule has 0 aliphatic carbocycles. The largest absolute Gasteiger partial charge is 0.483 e. The Balaban J connectivity index is 1.27. The number of anilines is 1. The Labute approximate surface area is 214 Å². The summed E-state index contributed by atoms with van der Waals surface area (Å²) in [4.78, 5) is 29.8. The highest BCUT2D eigenvalue weighted by molar-refractivity contribution is 7.22. The molecule has 1 aliphatic rings. The van der Waals surface area contributed by atoms with Gasteiger partial charge in [0.05, 0.1) is 46.4 Å². The molecule has 6 rings (SSSR count). The van der Waals surface area contributed by atoms with Crippen LogP contribution < -0.4 is 14.8 Å². The number of halogens is 1. The zero-order valence-corrected chi connectivity index (χ0v) is 20.6. The highest BCUT2D eigenvalue weighted by Gasteiger charge is 2.31. The van der Waals surface area contributed by atoms with Gasteiger partial charge in [-0.15, -0.1) is 11.3 Å². The molecule has 1 aliphatic heterocycles. The van der Waals surface area contributed by atoms with E-state index in [9.17, 15) is 9.18 Å². The maximum absolute atomic E-state index is 15.0. The molecule has 4 heterocycles. The molecule has 5 aromatic rings. The summed E-state index contributed by atoms with van der Waals surface area (Å²) in [6.45, 7) is 1.94. The van der Waals surface area contributed by atoms with E-state index in [-0.39, 0.29) is 12.4 Å². The van der Waals surface area contributed by atoms with Crippen LogP contribution in [-0.2, 0) is 11.2 Å². The number of fused-ring (bicyclic) bond motifs is 4. The number of carbonyl (C=O) groups is 1. The summed E-state index contributed by atoms with van der Waals surface area (Å²) in [6.07, 6.45) is 3.91. The molecule has 3 aromatic heterocycles. The highest BCUT2D eigenvalue weighted by atomic mass is 32.1. The van der Waals surface area contributed by atoms with E-state index < -0.39 is 18.0 Å². The van der Waals surface area contributed by atoms with Gasteiger partial charge in [0, 0.05) is 29.8 Å². The predicted octanol–water partition coefficient (Wildman–Crippen LogP) is 5.31. The van der Waals surface area contributed by atoms with Gasteiger partial charge in [-0.2, -0.15) is 0 Å². The lowest BCUT2D eigenvalue weighted by Gasteiger charge is -2.12. The minimum atomic E-state index is -0.637. The average Bonchev–Trinajstić information content (AvgIpc) is 3.52. The quantitative estimate of drug-likeness (QED) is 0.334. The summed E-state index contributed by atoms with van der Waals surface area (Å²) in [7, 11) is 1.54. The van der Waals surface area contributed by atoms with E-state index in [2.05, 4.69) is 20.3 Å². The third-order valence-corrected chi connectivity index (χ3v) is 7.08. The molecule has 1 atom stereocenters. The van der Waals surface area contributed by atoms with Gasteiger partial charge in [0.25, 0.3) is 0 Å². The number of methoxy groups -OCH3 is 1. The predicted molar refractivity (Wildman–Crippen MR) is 137 cm³/mol. The molecule has 0 saturated heterocycles.